The molecule has 0 saturated heterocycles. The number of hydrogen-bond acceptors (Lipinski definition) is 4. The van der Waals surface area contributed by atoms with Crippen molar-refractivity contribution in [2.24, 2.45) is 0 Å². The zero-order chi connectivity index (χ0) is 13.6. The summed E-state index contributed by atoms with van der Waals surface area (Å²) < 4.78 is 26.4. The highest BCUT2D eigenvalue weighted by atomic mass is 32.2. The first kappa shape index (κ1) is 14.9. The van der Waals surface area contributed by atoms with E-state index in [-0.39, 0.29) is 5.03 Å². The van der Waals surface area contributed by atoms with Gasteiger partial charge in [-0.2, -0.15) is 4.31 Å². The minimum Gasteiger partial charge on any atom is -0.383 e. The molecule has 0 atom stereocenters. The summed E-state index contributed by atoms with van der Waals surface area (Å²) in [6.07, 6.45) is 2.30. The number of nitrogens with zero attached hydrogens (tertiary/aromatic N) is 2. The van der Waals surface area contributed by atoms with Crippen LogP contribution in [-0.4, -0.2) is 37.3 Å². The third kappa shape index (κ3) is 3.20. The summed E-state index contributed by atoms with van der Waals surface area (Å²) in [5.74, 6) is 0. The van der Waals surface area contributed by atoms with E-state index in [1.807, 2.05) is 20.8 Å². The molecular formula is C12H21N3O2S. The minimum atomic E-state index is -3.51. The average Bonchev–Trinajstić information content (AvgIpc) is 2.36. The Morgan fingerprint density at radius 3 is 2.61 bits per heavy atom. The van der Waals surface area contributed by atoms with Gasteiger partial charge < -0.3 is 5.32 Å². The van der Waals surface area contributed by atoms with E-state index in [9.17, 15) is 8.42 Å². The maximum Gasteiger partial charge on any atom is 0.262 e. The normalized spacial score (nSPS) is 11.8. The SMILES string of the molecule is CCCN(CC)S(=O)(=O)c1ncccc1NCC. The van der Waals surface area contributed by atoms with Gasteiger partial charge in [0.05, 0.1) is 5.69 Å². The quantitative estimate of drug-likeness (QED) is 0.823. The minimum absolute atomic E-state index is 0.113. The molecule has 0 radical (unpaired) electrons. The van der Waals surface area contributed by atoms with E-state index in [1.54, 1.807) is 12.1 Å². The van der Waals surface area contributed by atoms with Crippen LogP contribution in [0.3, 0.4) is 0 Å². The zero-order valence-electron chi connectivity index (χ0n) is 11.2. The van der Waals surface area contributed by atoms with Gasteiger partial charge >= 0.3 is 0 Å². The molecule has 0 bridgehead atoms. The molecule has 1 aromatic heterocycles. The van der Waals surface area contributed by atoms with Gasteiger partial charge in [0, 0.05) is 25.8 Å². The number of sulfonamides is 1. The Hall–Kier alpha value is -1.14. The van der Waals surface area contributed by atoms with Crippen LogP contribution in [-0.2, 0) is 10.0 Å². The Bertz CT molecular complexity index is 474. The van der Waals surface area contributed by atoms with Crippen molar-refractivity contribution in [3.05, 3.63) is 18.3 Å². The van der Waals surface area contributed by atoms with Crippen LogP contribution in [0.15, 0.2) is 23.4 Å². The Balaban J connectivity index is 3.18. The molecular weight excluding hydrogens is 250 g/mol. The number of hydrogen-bond donors (Lipinski definition) is 1. The van der Waals surface area contributed by atoms with Gasteiger partial charge in [0.1, 0.15) is 0 Å². The monoisotopic (exact) mass is 271 g/mol. The van der Waals surface area contributed by atoms with Crippen LogP contribution in [0, 0.1) is 0 Å². The van der Waals surface area contributed by atoms with Crippen LogP contribution in [0.4, 0.5) is 5.69 Å². The summed E-state index contributed by atoms with van der Waals surface area (Å²) in [4.78, 5) is 4.03. The van der Waals surface area contributed by atoms with E-state index in [0.717, 1.165) is 6.42 Å². The lowest BCUT2D eigenvalue weighted by Crippen LogP contribution is -2.32. The molecule has 0 fully saturated rings. The molecule has 0 aliphatic heterocycles. The first-order valence-corrected chi connectivity index (χ1v) is 7.70. The Morgan fingerprint density at radius 2 is 2.06 bits per heavy atom. The predicted molar refractivity (Wildman–Crippen MR) is 73.1 cm³/mol. The molecule has 18 heavy (non-hydrogen) atoms. The van der Waals surface area contributed by atoms with E-state index < -0.39 is 10.0 Å². The fourth-order valence-electron chi connectivity index (χ4n) is 1.74. The second-order valence-electron chi connectivity index (χ2n) is 3.88. The zero-order valence-corrected chi connectivity index (χ0v) is 12.0. The lowest BCUT2D eigenvalue weighted by atomic mass is 10.4. The molecule has 0 unspecified atom stereocenters. The number of rotatable bonds is 7. The summed E-state index contributed by atoms with van der Waals surface area (Å²) in [6.45, 7) is 7.35. The molecule has 0 saturated carbocycles. The molecule has 1 heterocycles. The molecule has 0 aliphatic carbocycles. The number of nitrogens with one attached hydrogen (secondary N) is 1. The molecule has 0 aromatic carbocycles. The Labute approximate surface area is 109 Å². The van der Waals surface area contributed by atoms with E-state index in [0.29, 0.717) is 25.3 Å². The second-order valence-corrected chi connectivity index (χ2v) is 5.74. The van der Waals surface area contributed by atoms with Crippen molar-refractivity contribution in [1.82, 2.24) is 9.29 Å². The van der Waals surface area contributed by atoms with Crippen molar-refractivity contribution < 1.29 is 8.42 Å². The molecule has 0 spiro atoms. The maximum absolute atomic E-state index is 12.5. The highest BCUT2D eigenvalue weighted by molar-refractivity contribution is 7.89. The topological polar surface area (TPSA) is 62.3 Å². The van der Waals surface area contributed by atoms with E-state index in [4.69, 9.17) is 0 Å². The molecule has 102 valence electrons. The third-order valence-electron chi connectivity index (χ3n) is 2.55. The fourth-order valence-corrected chi connectivity index (χ4v) is 3.36. The lowest BCUT2D eigenvalue weighted by molar-refractivity contribution is 0.425. The predicted octanol–water partition coefficient (Wildman–Crippen LogP) is 1.93. The van der Waals surface area contributed by atoms with Gasteiger partial charge in [-0.15, -0.1) is 0 Å². The molecule has 6 heteroatoms. The highest BCUT2D eigenvalue weighted by Crippen LogP contribution is 2.21. The van der Waals surface area contributed by atoms with Gasteiger partial charge in [0.2, 0.25) is 0 Å². The van der Waals surface area contributed by atoms with Gasteiger partial charge in [-0.1, -0.05) is 13.8 Å². The van der Waals surface area contributed by atoms with Gasteiger partial charge in [-0.05, 0) is 25.5 Å². The van der Waals surface area contributed by atoms with Gasteiger partial charge in [-0.25, -0.2) is 13.4 Å². The van der Waals surface area contributed by atoms with Crippen molar-refractivity contribution >= 4 is 15.7 Å². The fraction of sp³-hybridized carbons (Fsp3) is 0.583. The summed E-state index contributed by atoms with van der Waals surface area (Å²) in [5.41, 5.74) is 0.564. The number of aromatic nitrogens is 1. The highest BCUT2D eigenvalue weighted by Gasteiger charge is 2.26. The molecule has 1 aromatic rings. The van der Waals surface area contributed by atoms with Crippen molar-refractivity contribution in [3.8, 4) is 0 Å². The van der Waals surface area contributed by atoms with Gasteiger partial charge in [0.25, 0.3) is 10.0 Å². The van der Waals surface area contributed by atoms with Crippen molar-refractivity contribution in [2.45, 2.75) is 32.2 Å². The van der Waals surface area contributed by atoms with Crippen LogP contribution < -0.4 is 5.32 Å². The largest absolute Gasteiger partial charge is 0.383 e. The van der Waals surface area contributed by atoms with E-state index in [1.165, 1.54) is 10.5 Å². The van der Waals surface area contributed by atoms with E-state index >= 15 is 0 Å². The van der Waals surface area contributed by atoms with Crippen LogP contribution >= 0.6 is 0 Å². The summed E-state index contributed by atoms with van der Waals surface area (Å²) in [7, 11) is -3.51. The number of anilines is 1. The van der Waals surface area contributed by atoms with Gasteiger partial charge in [0.15, 0.2) is 5.03 Å². The van der Waals surface area contributed by atoms with Crippen LogP contribution in [0.2, 0.25) is 0 Å². The van der Waals surface area contributed by atoms with Crippen molar-refractivity contribution in [1.29, 1.82) is 0 Å². The van der Waals surface area contributed by atoms with Crippen LogP contribution in [0.25, 0.3) is 0 Å². The molecule has 0 amide bonds. The van der Waals surface area contributed by atoms with Gasteiger partial charge in [-0.3, -0.25) is 0 Å². The van der Waals surface area contributed by atoms with Crippen LogP contribution in [0.1, 0.15) is 27.2 Å². The standard InChI is InChI=1S/C12H21N3O2S/c1-4-10-15(6-3)18(16,17)12-11(13-5-2)8-7-9-14-12/h7-9,13H,4-6,10H2,1-3H3. The van der Waals surface area contributed by atoms with Crippen molar-refractivity contribution in [3.63, 3.8) is 0 Å². The first-order chi connectivity index (χ1) is 8.57. The Morgan fingerprint density at radius 1 is 1.33 bits per heavy atom. The Kier molecular flexibility index (Phi) is 5.55. The summed E-state index contributed by atoms with van der Waals surface area (Å²) in [5, 5.41) is 3.15. The molecule has 1 N–H and O–H groups in total. The molecule has 0 aliphatic rings. The first-order valence-electron chi connectivity index (χ1n) is 6.26. The lowest BCUT2D eigenvalue weighted by Gasteiger charge is -2.20. The smallest absolute Gasteiger partial charge is 0.262 e. The summed E-state index contributed by atoms with van der Waals surface area (Å²) >= 11 is 0. The number of pyridine rings is 1. The second kappa shape index (κ2) is 6.70. The van der Waals surface area contributed by atoms with Crippen molar-refractivity contribution in [2.75, 3.05) is 25.0 Å². The maximum atomic E-state index is 12.5. The van der Waals surface area contributed by atoms with Crippen LogP contribution in [0.5, 0.6) is 0 Å². The molecule has 5 nitrogen and oxygen atoms in total. The third-order valence-corrected chi connectivity index (χ3v) is 4.48. The average molecular weight is 271 g/mol. The molecule has 1 rings (SSSR count). The summed E-state index contributed by atoms with van der Waals surface area (Å²) in [6, 6.07) is 3.47. The van der Waals surface area contributed by atoms with E-state index in [2.05, 4.69) is 10.3 Å².